The molecule has 3 heterocycles. The van der Waals surface area contributed by atoms with Crippen LogP contribution in [0, 0.1) is 6.92 Å². The van der Waals surface area contributed by atoms with Gasteiger partial charge in [0.2, 0.25) is 0 Å². The molecule has 112 valence electrons. The second-order valence-electron chi connectivity index (χ2n) is 6.59. The first-order valence-electron chi connectivity index (χ1n) is 7.28. The summed E-state index contributed by atoms with van der Waals surface area (Å²) in [7, 11) is 0. The Kier molecular flexibility index (Phi) is 3.15. The van der Waals surface area contributed by atoms with E-state index in [1.807, 2.05) is 27.0 Å². The summed E-state index contributed by atoms with van der Waals surface area (Å²) in [5.41, 5.74) is 3.84. The summed E-state index contributed by atoms with van der Waals surface area (Å²) < 4.78 is 7.53. The van der Waals surface area contributed by atoms with Gasteiger partial charge in [-0.1, -0.05) is 0 Å². The molecule has 0 saturated carbocycles. The maximum absolute atomic E-state index is 12.2. The Labute approximate surface area is 124 Å². The minimum absolute atomic E-state index is 0.254. The molecule has 0 saturated heterocycles. The third kappa shape index (κ3) is 2.73. The molecule has 0 fully saturated rings. The Balaban J connectivity index is 1.88. The van der Waals surface area contributed by atoms with Crippen LogP contribution in [0.4, 0.5) is 4.79 Å². The van der Waals surface area contributed by atoms with Crippen LogP contribution in [0.15, 0.2) is 18.3 Å². The van der Waals surface area contributed by atoms with E-state index in [1.165, 1.54) is 5.56 Å². The number of pyridine rings is 1. The normalized spacial score (nSPS) is 15.1. The molecule has 2 aromatic heterocycles. The first-order chi connectivity index (χ1) is 9.83. The molecule has 5 nitrogen and oxygen atoms in total. The second-order valence-corrected chi connectivity index (χ2v) is 6.59. The Hall–Kier alpha value is -2.04. The van der Waals surface area contributed by atoms with Crippen molar-refractivity contribution in [3.05, 3.63) is 35.3 Å². The molecule has 3 rings (SSSR count). The van der Waals surface area contributed by atoms with E-state index in [9.17, 15) is 4.79 Å². The zero-order valence-corrected chi connectivity index (χ0v) is 13.0. The van der Waals surface area contributed by atoms with Gasteiger partial charge >= 0.3 is 6.09 Å². The van der Waals surface area contributed by atoms with Crippen LogP contribution in [0.1, 0.15) is 37.7 Å². The monoisotopic (exact) mass is 287 g/mol. The van der Waals surface area contributed by atoms with Crippen LogP contribution >= 0.6 is 0 Å². The van der Waals surface area contributed by atoms with Crippen LogP contribution in [0.25, 0.3) is 5.65 Å². The number of nitrogens with zero attached hydrogens (tertiary/aromatic N) is 3. The lowest BCUT2D eigenvalue weighted by Gasteiger charge is -2.29. The van der Waals surface area contributed by atoms with E-state index >= 15 is 0 Å². The van der Waals surface area contributed by atoms with E-state index in [2.05, 4.69) is 28.4 Å². The maximum Gasteiger partial charge on any atom is 0.410 e. The highest BCUT2D eigenvalue weighted by Gasteiger charge is 2.28. The average molecular weight is 287 g/mol. The topological polar surface area (TPSA) is 46.8 Å². The van der Waals surface area contributed by atoms with Crippen LogP contribution in [0.3, 0.4) is 0 Å². The number of aryl methyl sites for hydroxylation is 1. The average Bonchev–Trinajstić information content (AvgIpc) is 2.72. The molecule has 0 unspecified atom stereocenters. The lowest BCUT2D eigenvalue weighted by Crippen LogP contribution is -2.40. The number of amides is 1. The van der Waals surface area contributed by atoms with E-state index in [0.717, 1.165) is 23.5 Å². The van der Waals surface area contributed by atoms with Gasteiger partial charge in [-0.3, -0.25) is 0 Å². The van der Waals surface area contributed by atoms with Gasteiger partial charge in [0.05, 0.1) is 17.9 Å². The summed E-state index contributed by atoms with van der Waals surface area (Å²) in [5, 5.41) is 0. The molecule has 0 aromatic carbocycles. The number of carbonyl (C=O) groups is 1. The van der Waals surface area contributed by atoms with E-state index in [-0.39, 0.29) is 6.09 Å². The van der Waals surface area contributed by atoms with Crippen molar-refractivity contribution in [3.8, 4) is 0 Å². The number of hydrogen-bond acceptors (Lipinski definition) is 3. The summed E-state index contributed by atoms with van der Waals surface area (Å²) in [6, 6.07) is 4.12. The lowest BCUT2D eigenvalue weighted by molar-refractivity contribution is 0.0220. The van der Waals surface area contributed by atoms with Crippen LogP contribution in [0.2, 0.25) is 0 Å². The highest BCUT2D eigenvalue weighted by molar-refractivity contribution is 5.68. The third-order valence-electron chi connectivity index (χ3n) is 3.57. The Morgan fingerprint density at radius 1 is 1.38 bits per heavy atom. The summed E-state index contributed by atoms with van der Waals surface area (Å²) in [6.07, 6.45) is 2.54. The van der Waals surface area contributed by atoms with Crippen molar-refractivity contribution in [3.63, 3.8) is 0 Å². The van der Waals surface area contributed by atoms with Gasteiger partial charge in [-0.15, -0.1) is 0 Å². The van der Waals surface area contributed by atoms with Gasteiger partial charge in [0.1, 0.15) is 11.2 Å². The molecule has 0 radical (unpaired) electrons. The van der Waals surface area contributed by atoms with Crippen molar-refractivity contribution in [2.24, 2.45) is 0 Å². The number of ether oxygens (including phenoxy) is 1. The minimum Gasteiger partial charge on any atom is -0.444 e. The number of aromatic nitrogens is 2. The molecule has 2 aromatic rings. The molecular formula is C16H21N3O2. The van der Waals surface area contributed by atoms with Gasteiger partial charge < -0.3 is 14.0 Å². The van der Waals surface area contributed by atoms with Gasteiger partial charge in [-0.25, -0.2) is 9.78 Å². The van der Waals surface area contributed by atoms with Crippen molar-refractivity contribution in [1.82, 2.24) is 14.3 Å². The molecule has 1 aliphatic rings. The fourth-order valence-corrected chi connectivity index (χ4v) is 2.60. The number of fused-ring (bicyclic) bond motifs is 3. The Morgan fingerprint density at radius 2 is 2.14 bits per heavy atom. The summed E-state index contributed by atoms with van der Waals surface area (Å²) in [4.78, 5) is 18.6. The first-order valence-corrected chi connectivity index (χ1v) is 7.28. The highest BCUT2D eigenvalue weighted by atomic mass is 16.6. The van der Waals surface area contributed by atoms with Crippen LogP contribution in [0.5, 0.6) is 0 Å². The van der Waals surface area contributed by atoms with Crippen LogP contribution in [-0.2, 0) is 17.7 Å². The molecular weight excluding hydrogens is 266 g/mol. The third-order valence-corrected chi connectivity index (χ3v) is 3.57. The van der Waals surface area contributed by atoms with Gasteiger partial charge in [-0.2, -0.15) is 0 Å². The molecule has 0 bridgehead atoms. The summed E-state index contributed by atoms with van der Waals surface area (Å²) >= 11 is 0. The molecule has 0 N–H and O–H groups in total. The largest absolute Gasteiger partial charge is 0.444 e. The van der Waals surface area contributed by atoms with Crippen LogP contribution < -0.4 is 0 Å². The quantitative estimate of drug-likeness (QED) is 0.748. The molecule has 1 aliphatic heterocycles. The lowest BCUT2D eigenvalue weighted by atomic mass is 10.1. The van der Waals surface area contributed by atoms with E-state index in [0.29, 0.717) is 13.1 Å². The van der Waals surface area contributed by atoms with Gasteiger partial charge in [0, 0.05) is 19.2 Å². The Morgan fingerprint density at radius 3 is 2.86 bits per heavy atom. The first kappa shape index (κ1) is 13.9. The zero-order valence-electron chi connectivity index (χ0n) is 13.0. The zero-order chi connectivity index (χ0) is 15.2. The summed E-state index contributed by atoms with van der Waals surface area (Å²) in [6.45, 7) is 8.92. The second kappa shape index (κ2) is 4.76. The van der Waals surface area contributed by atoms with Crippen molar-refractivity contribution < 1.29 is 9.53 Å². The van der Waals surface area contributed by atoms with Crippen molar-refractivity contribution in [2.45, 2.75) is 46.3 Å². The predicted octanol–water partition coefficient (Wildman–Crippen LogP) is 2.94. The maximum atomic E-state index is 12.2. The van der Waals surface area contributed by atoms with E-state index < -0.39 is 5.60 Å². The van der Waals surface area contributed by atoms with E-state index in [1.54, 1.807) is 4.90 Å². The van der Waals surface area contributed by atoms with Gasteiger partial charge in [0.15, 0.2) is 0 Å². The fraction of sp³-hybridized carbons (Fsp3) is 0.500. The number of carbonyl (C=O) groups excluding carboxylic acids is 1. The molecule has 21 heavy (non-hydrogen) atoms. The minimum atomic E-state index is -0.464. The molecule has 0 spiro atoms. The van der Waals surface area contributed by atoms with Crippen molar-refractivity contribution in [1.29, 1.82) is 0 Å². The smallest absolute Gasteiger partial charge is 0.410 e. The van der Waals surface area contributed by atoms with Gasteiger partial charge in [0.25, 0.3) is 0 Å². The predicted molar refractivity (Wildman–Crippen MR) is 80.3 cm³/mol. The molecule has 0 atom stereocenters. The highest BCUT2D eigenvalue weighted by Crippen LogP contribution is 2.22. The molecule has 1 amide bonds. The Bertz CT molecular complexity index is 697. The van der Waals surface area contributed by atoms with Crippen molar-refractivity contribution in [2.75, 3.05) is 6.54 Å². The summed E-state index contributed by atoms with van der Waals surface area (Å²) in [5.74, 6) is 0. The molecule has 0 aliphatic carbocycles. The van der Waals surface area contributed by atoms with Crippen LogP contribution in [-0.4, -0.2) is 32.5 Å². The number of hydrogen-bond donors (Lipinski definition) is 0. The van der Waals surface area contributed by atoms with Crippen molar-refractivity contribution >= 4 is 11.7 Å². The number of rotatable bonds is 0. The standard InChI is InChI=1S/C16H21N3O2/c1-11-5-8-19-13-10-18(15(20)21-16(2,3)4)7-6-12(13)17-14(19)9-11/h5,8-9H,6-7,10H2,1-4H3. The fourth-order valence-electron chi connectivity index (χ4n) is 2.60. The number of imidazole rings is 1. The van der Waals surface area contributed by atoms with E-state index in [4.69, 9.17) is 4.74 Å². The van der Waals surface area contributed by atoms with Gasteiger partial charge in [-0.05, 0) is 45.4 Å². The SMILES string of the molecule is Cc1ccn2c3c(nc2c1)CCN(C(=O)OC(C)(C)C)C3. The molecule has 5 heteroatoms.